The van der Waals surface area contributed by atoms with Crippen LogP contribution in [0.2, 0.25) is 0 Å². The third-order valence-corrected chi connectivity index (χ3v) is 0. The second-order valence-corrected chi connectivity index (χ2v) is 1.76. The van der Waals surface area contributed by atoms with Gasteiger partial charge in [0.1, 0.15) is 0 Å². The molecule has 8 heteroatoms. The molecule has 0 radical (unpaired) electrons. The molecular weight excluding hydrogens is 178 g/mol. The first kappa shape index (κ1) is 22.5. The molecule has 0 aliphatic heterocycles. The number of rotatable bonds is 0. The molecule has 8 heavy (non-hydrogen) atoms. The van der Waals surface area contributed by atoms with Gasteiger partial charge >= 0.3 is 88.7 Å². The second-order valence-electron chi connectivity index (χ2n) is 0.428. The molecule has 0 bridgehead atoms. The fraction of sp³-hybridized carbons (Fsp3) is 0. The van der Waals surface area contributed by atoms with Crippen molar-refractivity contribution < 1.29 is 94.1 Å². The third kappa shape index (κ3) is 97.3. The zero-order valence-corrected chi connectivity index (χ0v) is 9.80. The molecule has 0 aliphatic rings. The third-order valence-electron chi connectivity index (χ3n) is 0. The van der Waals surface area contributed by atoms with Crippen LogP contribution in [-0.4, -0.2) is 9.63 Å². The summed E-state index contributed by atoms with van der Waals surface area (Å²) in [5.41, 5.74) is 0. The first-order chi connectivity index (χ1) is 2.00. The van der Waals surface area contributed by atoms with Gasteiger partial charge in [0.25, 0.3) is 0 Å². The minimum absolute atomic E-state index is 0. The van der Waals surface area contributed by atoms with E-state index in [2.05, 4.69) is 0 Å². The van der Waals surface area contributed by atoms with Gasteiger partial charge in [-0.2, -0.15) is 0 Å². The first-order valence-corrected chi connectivity index (χ1v) is 2.81. The summed E-state index contributed by atoms with van der Waals surface area (Å²) in [4.78, 5) is 0. The van der Waals surface area contributed by atoms with Gasteiger partial charge in [-0.15, -0.1) is 0 Å². The minimum atomic E-state index is -5.50. The first-order valence-electron chi connectivity index (χ1n) is 0.683. The average Bonchev–Trinajstić information content (AvgIpc) is 0.722. The van der Waals surface area contributed by atoms with Crippen LogP contribution in [0, 0.1) is 0 Å². The molecule has 0 aromatic rings. The van der Waals surface area contributed by atoms with Crippen LogP contribution in [-0.2, 0) is 21.2 Å². The van der Waals surface area contributed by atoms with Gasteiger partial charge in [-0.3, -0.25) is 0 Å². The molecule has 5 nitrogen and oxygen atoms in total. The maximum atomic E-state index is 8.70. The Hall–Kier alpha value is 2.01. The van der Waals surface area contributed by atoms with Crippen molar-refractivity contribution in [1.82, 2.24) is 0 Å². The van der Waals surface area contributed by atoms with E-state index in [9.17, 15) is 0 Å². The van der Waals surface area contributed by atoms with Crippen LogP contribution in [0.15, 0.2) is 0 Å². The van der Waals surface area contributed by atoms with Crippen LogP contribution in [0.3, 0.4) is 0 Å². The monoisotopic (exact) mass is 180 g/mol. The zero-order valence-electron chi connectivity index (χ0n) is 4.53. The van der Waals surface area contributed by atoms with Crippen LogP contribution in [0.4, 0.5) is 0 Å². The Morgan fingerprint density at radius 3 is 1.25 bits per heavy atom. The molecule has 2 N–H and O–H groups in total. The molecule has 0 aromatic heterocycles. The van der Waals surface area contributed by atoms with E-state index in [0.29, 0.717) is 0 Å². The van der Waals surface area contributed by atoms with Crippen LogP contribution in [0.25, 0.3) is 0 Å². The van der Waals surface area contributed by atoms with E-state index in [1.807, 2.05) is 0 Å². The van der Waals surface area contributed by atoms with Gasteiger partial charge in [0.15, 0.2) is 0 Å². The summed E-state index contributed by atoms with van der Waals surface area (Å²) in [5, 5.41) is 0. The molecule has 0 aromatic carbocycles. The SMILES string of the molecule is [Na+].[Na+].[OH-].[O]=[Cr](=[O])([O-])[OH]. The van der Waals surface area contributed by atoms with E-state index in [4.69, 9.17) is 15.9 Å². The van der Waals surface area contributed by atoms with E-state index < -0.39 is 13.6 Å². The van der Waals surface area contributed by atoms with Crippen molar-refractivity contribution in [3.63, 3.8) is 0 Å². The summed E-state index contributed by atoms with van der Waals surface area (Å²) in [5.74, 6) is 0. The molecule has 0 unspecified atom stereocenters. The predicted molar refractivity (Wildman–Crippen MR) is 5.53 cm³/mol. The standard InChI is InChI=1S/Cr.2Na.2H2O.3O/h;;;2*1H2;;;/q3*+1;;;;;-1/p-2. The summed E-state index contributed by atoms with van der Waals surface area (Å²) < 4.78 is 33.1. The van der Waals surface area contributed by atoms with Crippen LogP contribution >= 0.6 is 0 Å². The van der Waals surface area contributed by atoms with E-state index >= 15 is 0 Å². The predicted octanol–water partition coefficient (Wildman–Crippen LogP) is -8.15. The molecule has 0 spiro atoms. The molecule has 0 atom stereocenters. The van der Waals surface area contributed by atoms with Gasteiger partial charge in [0, 0.05) is 0 Å². The molecule has 40 valence electrons. The number of hydrogen-bond acceptors (Lipinski definition) is 4. The summed E-state index contributed by atoms with van der Waals surface area (Å²) in [6.07, 6.45) is 0. The molecule has 0 aliphatic carbocycles. The Kier molecular flexibility index (Phi) is 25.3. The van der Waals surface area contributed by atoms with Gasteiger partial charge in [-0.25, -0.2) is 0 Å². The molecule has 0 amide bonds. The van der Waals surface area contributed by atoms with Crippen molar-refractivity contribution in [3.05, 3.63) is 0 Å². The van der Waals surface area contributed by atoms with E-state index in [0.717, 1.165) is 0 Å². The van der Waals surface area contributed by atoms with Gasteiger partial charge in [0.2, 0.25) is 0 Å². The maximum absolute atomic E-state index is 8.70. The van der Waals surface area contributed by atoms with Crippen molar-refractivity contribution in [2.75, 3.05) is 0 Å². The van der Waals surface area contributed by atoms with Crippen molar-refractivity contribution >= 4 is 0 Å². The molecular formula is H2CrNa2O5. The Balaban J connectivity index is -0.0000000267. The second kappa shape index (κ2) is 9.01. The topological polar surface area (TPSA) is 107 Å². The van der Waals surface area contributed by atoms with Crippen molar-refractivity contribution in [2.24, 2.45) is 0 Å². The van der Waals surface area contributed by atoms with E-state index in [1.54, 1.807) is 0 Å². The molecule has 0 saturated heterocycles. The summed E-state index contributed by atoms with van der Waals surface area (Å²) in [6.45, 7) is 0. The Labute approximate surface area is 92.7 Å². The fourth-order valence-corrected chi connectivity index (χ4v) is 0. The van der Waals surface area contributed by atoms with Crippen molar-refractivity contribution in [3.8, 4) is 0 Å². The zero-order chi connectivity index (χ0) is 4.50. The van der Waals surface area contributed by atoms with Crippen LogP contribution in [0.5, 0.6) is 0 Å². The van der Waals surface area contributed by atoms with Gasteiger partial charge in [-0.05, 0) is 0 Å². The Bertz CT molecular complexity index is 93.6. The van der Waals surface area contributed by atoms with Crippen LogP contribution < -0.4 is 63.3 Å². The summed E-state index contributed by atoms with van der Waals surface area (Å²) in [6, 6.07) is 0. The van der Waals surface area contributed by atoms with Gasteiger partial charge in [-0.1, -0.05) is 0 Å². The van der Waals surface area contributed by atoms with Gasteiger partial charge < -0.3 is 5.48 Å². The summed E-state index contributed by atoms with van der Waals surface area (Å²) in [7, 11) is 0. The van der Waals surface area contributed by atoms with E-state index in [-0.39, 0.29) is 64.6 Å². The fourth-order valence-electron chi connectivity index (χ4n) is 0. The van der Waals surface area contributed by atoms with E-state index in [1.165, 1.54) is 0 Å². The van der Waals surface area contributed by atoms with Crippen LogP contribution in [0.1, 0.15) is 0 Å². The Morgan fingerprint density at radius 1 is 1.25 bits per heavy atom. The Morgan fingerprint density at radius 2 is 1.25 bits per heavy atom. The number of hydrogen-bond donors (Lipinski definition) is 1. The molecule has 0 fully saturated rings. The van der Waals surface area contributed by atoms with Crippen molar-refractivity contribution in [2.45, 2.75) is 0 Å². The summed E-state index contributed by atoms with van der Waals surface area (Å²) >= 11 is -5.50. The van der Waals surface area contributed by atoms with Gasteiger partial charge in [0.05, 0.1) is 0 Å². The molecule has 0 rings (SSSR count). The normalized spacial score (nSPS) is 7.25. The van der Waals surface area contributed by atoms with Crippen molar-refractivity contribution in [1.29, 1.82) is 0 Å². The molecule has 0 saturated carbocycles. The molecule has 0 heterocycles. The average molecular weight is 180 g/mol. The quantitative estimate of drug-likeness (QED) is 0.372.